The predicted octanol–water partition coefficient (Wildman–Crippen LogP) is 0.0848. The van der Waals surface area contributed by atoms with Crippen molar-refractivity contribution in [1.82, 2.24) is 20.9 Å². The molecule has 0 saturated carbocycles. The molecule has 218 valence electrons. The summed E-state index contributed by atoms with van der Waals surface area (Å²) in [4.78, 5) is 64.8. The molecule has 1 aliphatic heterocycles. The van der Waals surface area contributed by atoms with Gasteiger partial charge in [-0.1, -0.05) is 27.7 Å². The van der Waals surface area contributed by atoms with Gasteiger partial charge in [0.15, 0.2) is 0 Å². The summed E-state index contributed by atoms with van der Waals surface area (Å²) in [6.45, 7) is 10.0. The van der Waals surface area contributed by atoms with Crippen LogP contribution in [0.4, 0.5) is 0 Å². The van der Waals surface area contributed by atoms with Gasteiger partial charge in [-0.15, -0.1) is 0 Å². The highest BCUT2D eigenvalue weighted by atomic mass is 16.4. The molecule has 0 aromatic rings. The van der Waals surface area contributed by atoms with Crippen molar-refractivity contribution in [1.29, 1.82) is 0 Å². The Kier molecular flexibility index (Phi) is 14.3. The monoisotopic (exact) mass is 540 g/mol. The van der Waals surface area contributed by atoms with E-state index in [0.29, 0.717) is 51.6 Å². The summed E-state index contributed by atoms with van der Waals surface area (Å²) < 4.78 is 0. The molecule has 12 heteroatoms. The summed E-state index contributed by atoms with van der Waals surface area (Å²) in [5.41, 5.74) is 11.5. The molecule has 4 amide bonds. The number of aliphatic carboxylic acids is 1. The third kappa shape index (κ3) is 10.9. The molecule has 1 saturated heterocycles. The Labute approximate surface area is 226 Å². The van der Waals surface area contributed by atoms with Gasteiger partial charge in [0.2, 0.25) is 23.6 Å². The van der Waals surface area contributed by atoms with Gasteiger partial charge in [-0.2, -0.15) is 0 Å². The molecular weight excluding hydrogens is 492 g/mol. The minimum Gasteiger partial charge on any atom is -0.480 e. The molecule has 0 spiro atoms. The Bertz CT molecular complexity index is 820. The van der Waals surface area contributed by atoms with Gasteiger partial charge in [0.1, 0.15) is 24.2 Å². The second-order valence-corrected chi connectivity index (χ2v) is 11.0. The van der Waals surface area contributed by atoms with Crippen molar-refractivity contribution < 1.29 is 29.1 Å². The second-order valence-electron chi connectivity index (χ2n) is 11.0. The number of rotatable bonds is 16. The van der Waals surface area contributed by atoms with Crippen LogP contribution in [0.1, 0.15) is 79.6 Å². The molecular formula is C26H48N6O6. The Morgan fingerprint density at radius 1 is 0.895 bits per heavy atom. The summed E-state index contributed by atoms with van der Waals surface area (Å²) in [7, 11) is 0. The van der Waals surface area contributed by atoms with Crippen molar-refractivity contribution in [3.05, 3.63) is 0 Å². The highest BCUT2D eigenvalue weighted by Crippen LogP contribution is 2.21. The zero-order chi connectivity index (χ0) is 29.0. The van der Waals surface area contributed by atoms with Crippen molar-refractivity contribution in [2.24, 2.45) is 23.3 Å². The minimum absolute atomic E-state index is 0.108. The quantitative estimate of drug-likeness (QED) is 0.148. The number of hydrogen-bond donors (Lipinski definition) is 6. The molecule has 0 aliphatic carbocycles. The molecule has 1 fully saturated rings. The standard InChI is InChI=1S/C26H48N6O6/c1-15(2)13-18(28)23(34)31-20(14-16(3)4)25(36)32-12-8-10-21(32)24(35)29-17(5)22(33)30-19(26(37)38)9-6-7-11-27/h15-21H,6-14,27-28H2,1-5H3,(H,29,35)(H,30,33)(H,31,34)(H,37,38)/t17-,18-,19-,20-,21-/m0/s1. The number of amides is 4. The van der Waals surface area contributed by atoms with E-state index in [9.17, 15) is 29.1 Å². The van der Waals surface area contributed by atoms with Crippen molar-refractivity contribution in [2.45, 2.75) is 110 Å². The van der Waals surface area contributed by atoms with Crippen molar-refractivity contribution >= 4 is 29.6 Å². The number of carboxylic acids is 1. The fourth-order valence-corrected chi connectivity index (χ4v) is 4.51. The molecule has 1 aliphatic rings. The first-order valence-electron chi connectivity index (χ1n) is 13.7. The molecule has 12 nitrogen and oxygen atoms in total. The number of nitrogens with two attached hydrogens (primary N) is 2. The molecule has 0 unspecified atom stereocenters. The Hall–Kier alpha value is -2.73. The first-order chi connectivity index (χ1) is 17.8. The molecule has 1 heterocycles. The number of nitrogens with one attached hydrogen (secondary N) is 3. The minimum atomic E-state index is -1.16. The average Bonchev–Trinajstić information content (AvgIpc) is 3.31. The lowest BCUT2D eigenvalue weighted by atomic mass is 10.00. The number of nitrogens with zero attached hydrogens (tertiary/aromatic N) is 1. The number of likely N-dealkylation sites (tertiary alicyclic amines) is 1. The molecule has 0 aromatic carbocycles. The molecule has 1 rings (SSSR count). The van der Waals surface area contributed by atoms with Gasteiger partial charge >= 0.3 is 5.97 Å². The van der Waals surface area contributed by atoms with Gasteiger partial charge in [-0.25, -0.2) is 4.79 Å². The van der Waals surface area contributed by atoms with Crippen molar-refractivity contribution in [3.63, 3.8) is 0 Å². The van der Waals surface area contributed by atoms with Crippen LogP contribution in [0.3, 0.4) is 0 Å². The lowest BCUT2D eigenvalue weighted by Crippen LogP contribution is -2.57. The van der Waals surface area contributed by atoms with Crippen LogP contribution in [0, 0.1) is 11.8 Å². The molecule has 38 heavy (non-hydrogen) atoms. The van der Waals surface area contributed by atoms with Crippen LogP contribution in [-0.4, -0.2) is 82.9 Å². The zero-order valence-corrected chi connectivity index (χ0v) is 23.5. The Morgan fingerprint density at radius 3 is 2.05 bits per heavy atom. The summed E-state index contributed by atoms with van der Waals surface area (Å²) in [6.07, 6.45) is 3.30. The van der Waals surface area contributed by atoms with E-state index >= 15 is 0 Å². The normalized spacial score (nSPS) is 18.6. The largest absolute Gasteiger partial charge is 0.480 e. The third-order valence-corrected chi connectivity index (χ3v) is 6.54. The van der Waals surface area contributed by atoms with Crippen LogP contribution in [-0.2, 0) is 24.0 Å². The van der Waals surface area contributed by atoms with E-state index in [2.05, 4.69) is 16.0 Å². The highest BCUT2D eigenvalue weighted by Gasteiger charge is 2.39. The fourth-order valence-electron chi connectivity index (χ4n) is 4.51. The lowest BCUT2D eigenvalue weighted by molar-refractivity contribution is -0.143. The van der Waals surface area contributed by atoms with Crippen LogP contribution in [0.5, 0.6) is 0 Å². The molecule has 0 radical (unpaired) electrons. The van der Waals surface area contributed by atoms with E-state index < -0.39 is 53.9 Å². The molecule has 0 aromatic heterocycles. The fraction of sp³-hybridized carbons (Fsp3) is 0.808. The molecule has 8 N–H and O–H groups in total. The topological polar surface area (TPSA) is 197 Å². The zero-order valence-electron chi connectivity index (χ0n) is 23.5. The summed E-state index contributed by atoms with van der Waals surface area (Å²) >= 11 is 0. The van der Waals surface area contributed by atoms with Crippen LogP contribution in [0.25, 0.3) is 0 Å². The molecule has 0 bridgehead atoms. The summed E-state index contributed by atoms with van der Waals surface area (Å²) in [5, 5.41) is 17.2. The van der Waals surface area contributed by atoms with Crippen LogP contribution in [0.2, 0.25) is 0 Å². The van der Waals surface area contributed by atoms with E-state index in [4.69, 9.17) is 11.5 Å². The van der Waals surface area contributed by atoms with Crippen LogP contribution in [0.15, 0.2) is 0 Å². The van der Waals surface area contributed by atoms with Crippen LogP contribution < -0.4 is 27.4 Å². The second kappa shape index (κ2) is 16.3. The first kappa shape index (κ1) is 33.3. The maximum absolute atomic E-state index is 13.5. The van der Waals surface area contributed by atoms with Gasteiger partial charge in [0, 0.05) is 6.54 Å². The number of carbonyl (C=O) groups is 5. The van der Waals surface area contributed by atoms with E-state index in [-0.39, 0.29) is 24.2 Å². The van der Waals surface area contributed by atoms with Crippen LogP contribution >= 0.6 is 0 Å². The van der Waals surface area contributed by atoms with Gasteiger partial charge in [-0.3, -0.25) is 19.2 Å². The van der Waals surface area contributed by atoms with E-state index in [1.54, 1.807) is 0 Å². The van der Waals surface area contributed by atoms with E-state index in [1.807, 2.05) is 27.7 Å². The number of carbonyl (C=O) groups excluding carboxylic acids is 4. The van der Waals surface area contributed by atoms with Gasteiger partial charge in [-0.05, 0) is 70.3 Å². The maximum Gasteiger partial charge on any atom is 0.326 e. The number of carboxylic acid groups (broad SMARTS) is 1. The van der Waals surface area contributed by atoms with Gasteiger partial charge in [0.25, 0.3) is 0 Å². The van der Waals surface area contributed by atoms with Crippen molar-refractivity contribution in [2.75, 3.05) is 13.1 Å². The molecule has 5 atom stereocenters. The highest BCUT2D eigenvalue weighted by molar-refractivity contribution is 5.95. The van der Waals surface area contributed by atoms with Gasteiger partial charge in [0.05, 0.1) is 6.04 Å². The van der Waals surface area contributed by atoms with Crippen molar-refractivity contribution in [3.8, 4) is 0 Å². The van der Waals surface area contributed by atoms with E-state index in [1.165, 1.54) is 11.8 Å². The average molecular weight is 541 g/mol. The maximum atomic E-state index is 13.5. The smallest absolute Gasteiger partial charge is 0.326 e. The van der Waals surface area contributed by atoms with E-state index in [0.717, 1.165) is 0 Å². The Balaban J connectivity index is 2.86. The number of unbranched alkanes of at least 4 members (excludes halogenated alkanes) is 1. The lowest BCUT2D eigenvalue weighted by Gasteiger charge is -2.30. The first-order valence-corrected chi connectivity index (χ1v) is 13.7. The summed E-state index contributed by atoms with van der Waals surface area (Å²) in [6, 6.07) is -4.44. The Morgan fingerprint density at radius 2 is 1.50 bits per heavy atom. The third-order valence-electron chi connectivity index (χ3n) is 6.54. The predicted molar refractivity (Wildman–Crippen MR) is 144 cm³/mol. The SMILES string of the molecule is CC(C)C[C@H](NC(=O)[C@@H](N)CC(C)C)C(=O)N1CCC[C@H]1C(=O)N[C@@H](C)C(=O)N[C@@H](CCCCN)C(=O)O. The number of hydrogen-bond acceptors (Lipinski definition) is 7. The summed E-state index contributed by atoms with van der Waals surface area (Å²) in [5.74, 6) is -2.72. The van der Waals surface area contributed by atoms with Gasteiger partial charge < -0.3 is 37.4 Å².